The van der Waals surface area contributed by atoms with Gasteiger partial charge in [0.1, 0.15) is 11.9 Å². The fraction of sp³-hybridized carbons (Fsp3) is 0.647. The van der Waals surface area contributed by atoms with Crippen LogP contribution in [0.2, 0.25) is 0 Å². The van der Waals surface area contributed by atoms with E-state index in [0.29, 0.717) is 18.2 Å². The number of amides is 2. The Morgan fingerprint density at radius 1 is 1.46 bits per heavy atom. The Morgan fingerprint density at radius 2 is 2.12 bits per heavy atom. The number of rotatable bonds is 8. The van der Waals surface area contributed by atoms with Gasteiger partial charge in [0.25, 0.3) is 0 Å². The molecule has 1 fully saturated rings. The zero-order valence-electron chi connectivity index (χ0n) is 15.1. The number of hydrogen-bond acceptors (Lipinski definition) is 4. The van der Waals surface area contributed by atoms with Crippen molar-refractivity contribution in [3.8, 4) is 0 Å². The largest absolute Gasteiger partial charge is 0.442 e. The highest BCUT2D eigenvalue weighted by Crippen LogP contribution is 2.20. The molecule has 0 aromatic heterocycles. The molecule has 0 spiro atoms. The van der Waals surface area contributed by atoms with Crippen molar-refractivity contribution in [1.29, 1.82) is 0 Å². The van der Waals surface area contributed by atoms with E-state index in [1.807, 2.05) is 13.8 Å². The lowest BCUT2D eigenvalue weighted by Crippen LogP contribution is -2.33. The van der Waals surface area contributed by atoms with E-state index in [0.717, 1.165) is 0 Å². The van der Waals surface area contributed by atoms with Crippen molar-refractivity contribution in [1.82, 2.24) is 15.5 Å². The topological polar surface area (TPSA) is 70.7 Å². The fourth-order valence-corrected chi connectivity index (χ4v) is 2.19. The molecule has 0 saturated carbocycles. The Morgan fingerprint density at radius 3 is 2.67 bits per heavy atom. The first-order valence-electron chi connectivity index (χ1n) is 8.24. The van der Waals surface area contributed by atoms with E-state index >= 15 is 0 Å². The predicted molar refractivity (Wildman–Crippen MR) is 90.9 cm³/mol. The Bertz CT molecular complexity index is 517. The molecule has 1 heterocycles. The van der Waals surface area contributed by atoms with Crippen LogP contribution in [0.4, 0.5) is 9.18 Å². The molecule has 0 aromatic rings. The number of allylic oxidation sites excluding steroid dienone is 2. The van der Waals surface area contributed by atoms with Gasteiger partial charge in [-0.2, -0.15) is 0 Å². The molecule has 7 heteroatoms. The van der Waals surface area contributed by atoms with Crippen LogP contribution < -0.4 is 10.6 Å². The van der Waals surface area contributed by atoms with Crippen molar-refractivity contribution in [3.05, 3.63) is 23.7 Å². The van der Waals surface area contributed by atoms with Crippen LogP contribution in [0, 0.1) is 5.92 Å². The molecule has 136 valence electrons. The maximum atomic E-state index is 14.3. The van der Waals surface area contributed by atoms with Crippen LogP contribution in [0.5, 0.6) is 0 Å². The molecule has 2 unspecified atom stereocenters. The van der Waals surface area contributed by atoms with Gasteiger partial charge in [0.05, 0.1) is 19.1 Å². The van der Waals surface area contributed by atoms with E-state index in [-0.39, 0.29) is 24.8 Å². The number of carbonyl (C=O) groups excluding carboxylic acids is 2. The van der Waals surface area contributed by atoms with Gasteiger partial charge in [0.2, 0.25) is 5.91 Å². The minimum absolute atomic E-state index is 0.188. The first-order chi connectivity index (χ1) is 11.2. The summed E-state index contributed by atoms with van der Waals surface area (Å²) in [7, 11) is 0. The summed E-state index contributed by atoms with van der Waals surface area (Å²) in [6, 6.07) is -0.434. The first kappa shape index (κ1) is 20.2. The molecular weight excluding hydrogens is 313 g/mol. The minimum atomic E-state index is -0.537. The second-order valence-electron chi connectivity index (χ2n) is 6.32. The summed E-state index contributed by atoms with van der Waals surface area (Å²) in [6.07, 6.45) is 2.03. The van der Waals surface area contributed by atoms with E-state index in [1.165, 1.54) is 17.9 Å². The van der Waals surface area contributed by atoms with Crippen molar-refractivity contribution in [2.24, 2.45) is 5.92 Å². The van der Waals surface area contributed by atoms with Gasteiger partial charge in [0, 0.05) is 12.6 Å². The van der Waals surface area contributed by atoms with Crippen molar-refractivity contribution in [3.63, 3.8) is 0 Å². The average molecular weight is 341 g/mol. The van der Waals surface area contributed by atoms with Gasteiger partial charge in [-0.25, -0.2) is 9.18 Å². The van der Waals surface area contributed by atoms with E-state index in [9.17, 15) is 14.0 Å². The second-order valence-corrected chi connectivity index (χ2v) is 6.32. The standard InChI is InChI=1S/C17H28FN3O3/c1-6-14(7-16(18)12(4)19-8-11(2)3)21-10-15(24-17(21)23)9-20-13(5)22/h6-7,11-12,15,19H,8-10H2,1-5H3,(H,20,22)/b14-6+,16-7+. The molecule has 1 aliphatic heterocycles. The van der Waals surface area contributed by atoms with Crippen molar-refractivity contribution in [2.45, 2.75) is 46.8 Å². The summed E-state index contributed by atoms with van der Waals surface area (Å²) in [5.41, 5.74) is 0.445. The second kappa shape index (κ2) is 9.42. The number of halogens is 1. The molecule has 0 aromatic carbocycles. The van der Waals surface area contributed by atoms with Crippen LogP contribution in [-0.4, -0.2) is 48.7 Å². The lowest BCUT2D eigenvalue weighted by molar-refractivity contribution is -0.119. The highest BCUT2D eigenvalue weighted by atomic mass is 19.1. The van der Waals surface area contributed by atoms with Crippen molar-refractivity contribution >= 4 is 12.0 Å². The molecule has 2 atom stereocenters. The molecule has 0 aliphatic carbocycles. The predicted octanol–water partition coefficient (Wildman–Crippen LogP) is 2.33. The van der Waals surface area contributed by atoms with Gasteiger partial charge < -0.3 is 15.4 Å². The number of ether oxygens (including phenoxy) is 1. The third kappa shape index (κ3) is 6.31. The normalized spacial score (nSPS) is 20.4. The number of hydrogen-bond donors (Lipinski definition) is 2. The number of carbonyl (C=O) groups is 2. The first-order valence-corrected chi connectivity index (χ1v) is 8.24. The molecule has 24 heavy (non-hydrogen) atoms. The van der Waals surface area contributed by atoms with Crippen LogP contribution in [0.3, 0.4) is 0 Å². The van der Waals surface area contributed by atoms with Crippen LogP contribution in [0.15, 0.2) is 23.7 Å². The van der Waals surface area contributed by atoms with Crippen LogP contribution in [0.1, 0.15) is 34.6 Å². The van der Waals surface area contributed by atoms with E-state index in [1.54, 1.807) is 19.9 Å². The fourth-order valence-electron chi connectivity index (χ4n) is 2.19. The average Bonchev–Trinajstić information content (AvgIpc) is 2.88. The quantitative estimate of drug-likeness (QED) is 0.665. The van der Waals surface area contributed by atoms with Crippen molar-refractivity contribution in [2.75, 3.05) is 19.6 Å². The Kier molecular flexibility index (Phi) is 7.91. The molecular formula is C17H28FN3O3. The SMILES string of the molecule is C/C=C(\C=C(\F)C(C)NCC(C)C)N1CC(CNC(C)=O)OC1=O. The molecule has 0 bridgehead atoms. The smallest absolute Gasteiger partial charge is 0.414 e. The number of cyclic esters (lactones) is 1. The third-order valence-electron chi connectivity index (χ3n) is 3.59. The lowest BCUT2D eigenvalue weighted by atomic mass is 10.2. The van der Waals surface area contributed by atoms with Gasteiger partial charge in [-0.15, -0.1) is 0 Å². The highest BCUT2D eigenvalue weighted by molar-refractivity contribution is 5.74. The zero-order valence-corrected chi connectivity index (χ0v) is 15.1. The van der Waals surface area contributed by atoms with Crippen LogP contribution in [0.25, 0.3) is 0 Å². The van der Waals surface area contributed by atoms with Gasteiger partial charge in [0.15, 0.2) is 0 Å². The van der Waals surface area contributed by atoms with Crippen molar-refractivity contribution < 1.29 is 18.7 Å². The van der Waals surface area contributed by atoms with Gasteiger partial charge in [-0.3, -0.25) is 9.69 Å². The summed E-state index contributed by atoms with van der Waals surface area (Å²) in [5.74, 6) is -0.113. The van der Waals surface area contributed by atoms with Gasteiger partial charge in [-0.05, 0) is 32.4 Å². The van der Waals surface area contributed by atoms with E-state index in [2.05, 4.69) is 10.6 Å². The zero-order chi connectivity index (χ0) is 18.3. The number of nitrogens with one attached hydrogen (secondary N) is 2. The molecule has 0 radical (unpaired) electrons. The summed E-state index contributed by atoms with van der Waals surface area (Å²) in [6.45, 7) is 10.2. The third-order valence-corrected chi connectivity index (χ3v) is 3.59. The maximum absolute atomic E-state index is 14.3. The molecule has 6 nitrogen and oxygen atoms in total. The highest BCUT2D eigenvalue weighted by Gasteiger charge is 2.33. The molecule has 2 amide bonds. The van der Waals surface area contributed by atoms with Crippen LogP contribution in [-0.2, 0) is 9.53 Å². The molecule has 1 aliphatic rings. The summed E-state index contributed by atoms with van der Waals surface area (Å²) >= 11 is 0. The van der Waals surface area contributed by atoms with E-state index in [4.69, 9.17) is 4.74 Å². The Balaban J connectivity index is 2.70. The Hall–Kier alpha value is -1.89. The minimum Gasteiger partial charge on any atom is -0.442 e. The van der Waals surface area contributed by atoms with Gasteiger partial charge in [-0.1, -0.05) is 19.9 Å². The lowest BCUT2D eigenvalue weighted by Gasteiger charge is -2.17. The maximum Gasteiger partial charge on any atom is 0.414 e. The monoisotopic (exact) mass is 341 g/mol. The molecule has 1 saturated heterocycles. The molecule has 2 N–H and O–H groups in total. The summed E-state index contributed by atoms with van der Waals surface area (Å²) < 4.78 is 19.5. The van der Waals surface area contributed by atoms with Crippen LogP contribution >= 0.6 is 0 Å². The van der Waals surface area contributed by atoms with Gasteiger partial charge >= 0.3 is 6.09 Å². The van der Waals surface area contributed by atoms with E-state index < -0.39 is 18.2 Å². The molecule has 1 rings (SSSR count). The Labute approximate surface area is 143 Å². The summed E-state index contributed by atoms with van der Waals surface area (Å²) in [5, 5.41) is 5.71. The number of nitrogens with zero attached hydrogens (tertiary/aromatic N) is 1. The summed E-state index contributed by atoms with van der Waals surface area (Å²) in [4.78, 5) is 24.3.